The molecule has 9 nitrogen and oxygen atoms in total. The first-order chi connectivity index (χ1) is 13.4. The molecular formula is C19H35N5O4. The van der Waals surface area contributed by atoms with E-state index >= 15 is 0 Å². The van der Waals surface area contributed by atoms with Gasteiger partial charge in [-0.1, -0.05) is 19.1 Å². The molecule has 0 radical (unpaired) electrons. The summed E-state index contributed by atoms with van der Waals surface area (Å²) >= 11 is 0. The van der Waals surface area contributed by atoms with Crippen LogP contribution in [0.25, 0.3) is 0 Å². The maximum absolute atomic E-state index is 9.88. The van der Waals surface area contributed by atoms with Crippen LogP contribution >= 0.6 is 0 Å². The second kappa shape index (κ2) is 13.3. The van der Waals surface area contributed by atoms with E-state index in [1.807, 2.05) is 18.0 Å². The van der Waals surface area contributed by atoms with E-state index in [0.717, 1.165) is 18.7 Å². The van der Waals surface area contributed by atoms with Crippen LogP contribution in [-0.4, -0.2) is 92.9 Å². The predicted molar refractivity (Wildman–Crippen MR) is 110 cm³/mol. The summed E-state index contributed by atoms with van der Waals surface area (Å²) in [6.07, 6.45) is 3.76. The highest BCUT2D eigenvalue weighted by atomic mass is 16.5. The fraction of sp³-hybridized carbons (Fsp3) is 0.737. The number of methoxy groups -OCH3 is 2. The van der Waals surface area contributed by atoms with Crippen molar-refractivity contribution in [1.82, 2.24) is 14.7 Å². The Morgan fingerprint density at radius 1 is 1.18 bits per heavy atom. The third-order valence-electron chi connectivity index (χ3n) is 4.05. The van der Waals surface area contributed by atoms with Crippen molar-refractivity contribution in [3.05, 3.63) is 17.6 Å². The molecular weight excluding hydrogens is 362 g/mol. The summed E-state index contributed by atoms with van der Waals surface area (Å²) in [4.78, 5) is 14.7. The van der Waals surface area contributed by atoms with Crippen molar-refractivity contribution in [1.29, 1.82) is 0 Å². The molecule has 1 unspecified atom stereocenters. The van der Waals surface area contributed by atoms with E-state index in [1.165, 1.54) is 0 Å². The Balaban J connectivity index is 3.15. The van der Waals surface area contributed by atoms with Gasteiger partial charge in [0.15, 0.2) is 5.82 Å². The quantitative estimate of drug-likeness (QED) is 0.322. The summed E-state index contributed by atoms with van der Waals surface area (Å²) < 4.78 is 16.3. The van der Waals surface area contributed by atoms with E-state index in [4.69, 9.17) is 19.2 Å². The second-order valence-corrected chi connectivity index (χ2v) is 6.52. The maximum atomic E-state index is 9.88. The van der Waals surface area contributed by atoms with Gasteiger partial charge in [-0.15, -0.1) is 0 Å². The Morgan fingerprint density at radius 2 is 1.89 bits per heavy atom. The number of hydrogen-bond donors (Lipinski definition) is 1. The summed E-state index contributed by atoms with van der Waals surface area (Å²) in [5, 5.41) is 9.88. The maximum Gasteiger partial charge on any atom is 0.231 e. The first-order valence-corrected chi connectivity index (χ1v) is 9.48. The minimum absolute atomic E-state index is 0.322. The van der Waals surface area contributed by atoms with Crippen molar-refractivity contribution in [2.75, 3.05) is 55.1 Å². The highest BCUT2D eigenvalue weighted by molar-refractivity contribution is 5.97. The summed E-state index contributed by atoms with van der Waals surface area (Å²) in [6, 6.07) is 0. The third-order valence-corrected chi connectivity index (χ3v) is 4.05. The monoisotopic (exact) mass is 397 g/mol. The zero-order valence-corrected chi connectivity index (χ0v) is 18.0. The highest BCUT2D eigenvalue weighted by Gasteiger charge is 2.18. The van der Waals surface area contributed by atoms with Crippen molar-refractivity contribution < 1.29 is 19.3 Å². The van der Waals surface area contributed by atoms with Crippen molar-refractivity contribution in [3.8, 4) is 0 Å². The minimum Gasteiger partial charge on any atom is -0.374 e. The fourth-order valence-corrected chi connectivity index (χ4v) is 2.29. The average molecular weight is 398 g/mol. The van der Waals surface area contributed by atoms with Gasteiger partial charge in [-0.3, -0.25) is 0 Å². The van der Waals surface area contributed by atoms with Crippen LogP contribution in [0.2, 0.25) is 0 Å². The molecule has 0 aromatic carbocycles. The van der Waals surface area contributed by atoms with Crippen LogP contribution in [0.3, 0.4) is 0 Å². The van der Waals surface area contributed by atoms with E-state index in [9.17, 15) is 5.11 Å². The number of nitrogens with zero attached hydrogens (tertiary/aromatic N) is 5. The molecule has 1 N–H and O–H groups in total. The van der Waals surface area contributed by atoms with Crippen molar-refractivity contribution >= 4 is 11.8 Å². The van der Waals surface area contributed by atoms with Gasteiger partial charge < -0.3 is 34.0 Å². The van der Waals surface area contributed by atoms with E-state index in [2.05, 4.69) is 17.6 Å². The number of aliphatic imine (C=N–C) groups is 2. The van der Waals surface area contributed by atoms with Crippen LogP contribution in [-0.2, 0) is 14.2 Å². The molecule has 1 heterocycles. The molecule has 0 fully saturated rings. The standard InChI is InChI=1S/C19H35N5O4/c1-7-8-12-28-15-24(14-27-6)18-11-9-10-17(23(4)16(2)25)20-19(21-18)22(3)13-26-5/h9,16,25H,7-8,11-15H2,1-6H3/b20-19+,21-18+. The van der Waals surface area contributed by atoms with Crippen molar-refractivity contribution in [2.24, 2.45) is 9.98 Å². The molecule has 1 atom stereocenters. The SMILES string of the molecule is CCCCOCN(COC)/C1=N/C(N(C)COC)=N\C(N(C)C(C)O)=C=CC1. The van der Waals surface area contributed by atoms with Crippen LogP contribution in [0, 0.1) is 0 Å². The molecule has 1 rings (SSSR count). The van der Waals surface area contributed by atoms with Gasteiger partial charge in [-0.05, 0) is 19.4 Å². The largest absolute Gasteiger partial charge is 0.374 e. The lowest BCUT2D eigenvalue weighted by Crippen LogP contribution is -2.38. The summed E-state index contributed by atoms with van der Waals surface area (Å²) in [6.45, 7) is 5.54. The molecule has 9 heteroatoms. The zero-order valence-electron chi connectivity index (χ0n) is 18.0. The molecule has 0 saturated carbocycles. The van der Waals surface area contributed by atoms with Gasteiger partial charge in [-0.25, -0.2) is 0 Å². The second-order valence-electron chi connectivity index (χ2n) is 6.52. The molecule has 1 aliphatic rings. The van der Waals surface area contributed by atoms with Gasteiger partial charge in [0.1, 0.15) is 32.3 Å². The number of guanidine groups is 1. The van der Waals surface area contributed by atoms with Gasteiger partial charge in [0, 0.05) is 41.3 Å². The number of aliphatic hydroxyl groups is 1. The molecule has 0 amide bonds. The van der Waals surface area contributed by atoms with E-state index in [0.29, 0.717) is 45.0 Å². The van der Waals surface area contributed by atoms with Gasteiger partial charge in [0.2, 0.25) is 5.96 Å². The van der Waals surface area contributed by atoms with Crippen LogP contribution < -0.4 is 0 Å². The molecule has 0 bridgehead atoms. The van der Waals surface area contributed by atoms with Gasteiger partial charge in [-0.2, -0.15) is 9.98 Å². The summed E-state index contributed by atoms with van der Waals surface area (Å²) in [5.74, 6) is 1.70. The van der Waals surface area contributed by atoms with Crippen LogP contribution in [0.5, 0.6) is 0 Å². The highest BCUT2D eigenvalue weighted by Crippen LogP contribution is 2.12. The van der Waals surface area contributed by atoms with E-state index in [1.54, 1.807) is 38.0 Å². The summed E-state index contributed by atoms with van der Waals surface area (Å²) in [7, 11) is 6.85. The number of amidine groups is 1. The van der Waals surface area contributed by atoms with Crippen LogP contribution in [0.1, 0.15) is 33.1 Å². The molecule has 0 saturated heterocycles. The van der Waals surface area contributed by atoms with Crippen LogP contribution in [0.4, 0.5) is 0 Å². The predicted octanol–water partition coefficient (Wildman–Crippen LogP) is 1.63. The lowest BCUT2D eigenvalue weighted by atomic mass is 10.3. The molecule has 0 aliphatic carbocycles. The zero-order chi connectivity index (χ0) is 20.9. The Labute approximate surface area is 168 Å². The molecule has 160 valence electrons. The lowest BCUT2D eigenvalue weighted by molar-refractivity contribution is 0.00798. The van der Waals surface area contributed by atoms with Crippen molar-refractivity contribution in [3.63, 3.8) is 0 Å². The van der Waals surface area contributed by atoms with E-state index in [-0.39, 0.29) is 0 Å². The Kier molecular flexibility index (Phi) is 11.5. The molecule has 0 spiro atoms. The van der Waals surface area contributed by atoms with Crippen LogP contribution in [0.15, 0.2) is 27.6 Å². The lowest BCUT2D eigenvalue weighted by Gasteiger charge is -2.28. The fourth-order valence-electron chi connectivity index (χ4n) is 2.29. The normalized spacial score (nSPS) is 18.9. The van der Waals surface area contributed by atoms with Gasteiger partial charge in [0.25, 0.3) is 0 Å². The Hall–Kier alpha value is -1.90. The first-order valence-electron chi connectivity index (χ1n) is 9.48. The topological polar surface area (TPSA) is 82.4 Å². The van der Waals surface area contributed by atoms with Gasteiger partial charge in [0.05, 0.1) is 0 Å². The van der Waals surface area contributed by atoms with Crippen molar-refractivity contribution in [2.45, 2.75) is 39.3 Å². The number of hydrogen-bond acceptors (Lipinski definition) is 9. The molecule has 0 aromatic rings. The summed E-state index contributed by atoms with van der Waals surface area (Å²) in [5.41, 5.74) is 3.15. The third kappa shape index (κ3) is 8.00. The minimum atomic E-state index is -0.700. The Bertz CT molecular complexity index is 585. The number of aliphatic hydroxyl groups excluding tert-OH is 1. The first kappa shape index (κ1) is 24.1. The number of unbranched alkanes of at least 4 members (excludes halogenated alkanes) is 1. The molecule has 0 aromatic heterocycles. The molecule has 1 aliphatic heterocycles. The Morgan fingerprint density at radius 3 is 2.50 bits per heavy atom. The average Bonchev–Trinajstić information content (AvgIpc) is 2.64. The number of ether oxygens (including phenoxy) is 3. The van der Waals surface area contributed by atoms with Gasteiger partial charge >= 0.3 is 0 Å². The smallest absolute Gasteiger partial charge is 0.231 e. The molecule has 28 heavy (non-hydrogen) atoms. The number of rotatable bonds is 11. The van der Waals surface area contributed by atoms with E-state index < -0.39 is 6.23 Å².